The molecule has 43 heteroatoms. The number of H-pyrrole nitrogens is 1. The van der Waals surface area contributed by atoms with Crippen molar-refractivity contribution in [3.63, 3.8) is 0 Å². The van der Waals surface area contributed by atoms with Crippen molar-refractivity contribution in [3.8, 4) is 5.75 Å². The van der Waals surface area contributed by atoms with E-state index in [-0.39, 0.29) is 83.3 Å². The number of cyclic esters (lactones) is 1. The van der Waals surface area contributed by atoms with Crippen molar-refractivity contribution in [2.75, 3.05) is 25.2 Å². The first-order valence-corrected chi connectivity index (χ1v) is 39.0. The zero-order valence-electron chi connectivity index (χ0n) is 63.3. The first-order valence-electron chi connectivity index (χ1n) is 34.8. The van der Waals surface area contributed by atoms with Crippen molar-refractivity contribution >= 4 is 132 Å². The number of nitrogen functional groups attached to an aromatic ring is 2. The Balaban J connectivity index is 0.000000202. The number of methoxy groups -OCH3 is 1. The largest absolute Gasteiger partial charge is 0.468 e. The van der Waals surface area contributed by atoms with Crippen molar-refractivity contribution < 1.29 is 84.4 Å². The SMILES string of the molecule is CC[C@H]1OC(=O)[C@](C)(F)[C@@H]1C.CC[C@H]1OC(O)[C@](C)(F)[C@@H]1C.CC[C@H]1OC(n2cnc3c(Cl)ncnc32)[C@](C)(F)[C@@H]1C.CC[C@H]1O[C@@H](n2cnc3c(N)ncnc32)[C@](C)(F)[C@@H]1C.COC(=O)[C@H](C)N.C[C@@]1(F)[C@H](O)[C@@H](CO)O[C@H]1n1cnc2c(N)ncnc21.Cl.Clc1ncnc2nc[nH]c12.O=P(Cl)(Cl)Oc1ccccc1. The number of aromatic amines is 1. The van der Waals surface area contributed by atoms with Crippen LogP contribution in [-0.2, 0) is 42.6 Å². The van der Waals surface area contributed by atoms with Crippen molar-refractivity contribution in [1.82, 2.24) is 78.5 Å². The van der Waals surface area contributed by atoms with Crippen LogP contribution in [0.1, 0.15) is 141 Å². The number of para-hydroxylation sites is 1. The maximum atomic E-state index is 15.0. The molecule has 5 aliphatic rings. The topological polar surface area (TPSA) is 440 Å². The molecule has 0 amide bonds. The van der Waals surface area contributed by atoms with Gasteiger partial charge < -0.3 is 70.4 Å². The van der Waals surface area contributed by atoms with E-state index >= 15 is 8.78 Å². The summed E-state index contributed by atoms with van der Waals surface area (Å²) in [5.41, 5.74) is 11.9. The number of carbonyl (C=O) groups is 2. The standard InChI is InChI=1S/C13H16ClFN4O.C13H18FN5O.C11H14FN5O3.C8H15FO2.C8H13FO2.C6H5Cl2O2P.C5H3ClN4.C4H9NO2.ClH/c1-4-8-7(2)13(3,15)12(20-8)19-6-18-9-10(14)16-5-17-11(9)19;1-4-8-7(2)13(3,14)12(20-8)19-6-18-9-10(15)16-5-17-11(9)19;1-11(12)7(19)5(2-18)20-10(11)17-4-16-6-8(13)14-3-15-9(6)17;2*1-4-6-5(2)8(3,9)7(10)11-6;7-11(8,9)10-6-4-2-1-3-5-6;6-4-3-5(9-1-7-3)10-2-8-4;1-3(5)4(6)7-2;/h5-8,12H,4H2,1-3H3;5-8,12H,4H2,1-3H3,(H2,15,16,17);3-5,7,10,18-19H,2H2,1H3,(H2,13,14,15);5-7,10H,4H2,1-3H3;5-6H,4H2,1-3H3;1-5H;1-2H,(H,7,8,9,10);3H,5H2,1-2H3;1H/t7-,8-,12?,13-;7-,8-,12-,13-;5-,7-,10-,11-;5-,6-,7?,8-;5-,6-,8-;;;3-;/m11111..0./s1. The third-order valence-electron chi connectivity index (χ3n) is 19.8. The highest BCUT2D eigenvalue weighted by molar-refractivity contribution is 8.05. The summed E-state index contributed by atoms with van der Waals surface area (Å²) >= 11 is 22.0. The molecule has 9 aromatic rings. The molecule has 14 rings (SSSR count). The highest BCUT2D eigenvalue weighted by Gasteiger charge is 2.57. The van der Waals surface area contributed by atoms with Crippen LogP contribution in [0, 0.1) is 23.7 Å². The highest BCUT2D eigenvalue weighted by Crippen LogP contribution is 2.57. The number of anilines is 2. The lowest BCUT2D eigenvalue weighted by Gasteiger charge is -2.25. The van der Waals surface area contributed by atoms with E-state index in [1.165, 1.54) is 83.1 Å². The van der Waals surface area contributed by atoms with Crippen LogP contribution in [0.2, 0.25) is 10.3 Å². The highest BCUT2D eigenvalue weighted by atomic mass is 35.9. The molecule has 13 heterocycles. The predicted octanol–water partition coefficient (Wildman–Crippen LogP) is 12.4. The van der Waals surface area contributed by atoms with E-state index < -0.39 is 90.2 Å². The maximum absolute atomic E-state index is 15.0. The molecule has 0 bridgehead atoms. The number of nitrogens with two attached hydrogens (primary N) is 3. The number of imidazole rings is 4. The summed E-state index contributed by atoms with van der Waals surface area (Å²) in [6.45, 7) is 23.1. The van der Waals surface area contributed by atoms with Crippen molar-refractivity contribution in [2.24, 2.45) is 29.4 Å². The molecular weight excluding hydrogens is 1590 g/mol. The molecule has 20 atom stereocenters. The van der Waals surface area contributed by atoms with Gasteiger partial charge >= 0.3 is 18.0 Å². The third kappa shape index (κ3) is 21.0. The fraction of sp³-hybridized carbons (Fsp3) is 0.588. The zero-order chi connectivity index (χ0) is 81.9. The number of alkyl halides is 5. The van der Waals surface area contributed by atoms with Crippen LogP contribution >= 0.6 is 64.2 Å². The van der Waals surface area contributed by atoms with Crippen LogP contribution in [0.25, 0.3) is 44.7 Å². The quantitative estimate of drug-likeness (QED) is 0.0274. The second-order valence-corrected chi connectivity index (χ2v) is 32.1. The van der Waals surface area contributed by atoms with Crippen LogP contribution in [0.4, 0.5) is 33.6 Å². The number of nitrogens with one attached hydrogen (secondary N) is 1. The number of aliphatic hydroxyl groups excluding tert-OH is 3. The van der Waals surface area contributed by atoms with Crippen molar-refractivity contribution in [2.45, 2.75) is 219 Å². The first kappa shape index (κ1) is 92.6. The number of fused-ring (bicyclic) bond motifs is 4. The van der Waals surface area contributed by atoms with E-state index in [1.54, 1.807) is 74.1 Å². The first-order chi connectivity index (χ1) is 51.5. The molecule has 32 nitrogen and oxygen atoms in total. The number of halogens is 10. The summed E-state index contributed by atoms with van der Waals surface area (Å²) in [5.74, 6) is -1.17. The van der Waals surface area contributed by atoms with Gasteiger partial charge in [-0.2, -0.15) is 0 Å². The van der Waals surface area contributed by atoms with E-state index in [2.05, 4.69) is 74.1 Å². The summed E-state index contributed by atoms with van der Waals surface area (Å²) in [6, 6.07) is 8.03. The van der Waals surface area contributed by atoms with Crippen LogP contribution in [0.5, 0.6) is 5.75 Å². The van der Waals surface area contributed by atoms with Crippen LogP contribution < -0.4 is 21.7 Å². The average molecular weight is 1690 g/mol. The Morgan fingerprint density at radius 1 is 0.604 bits per heavy atom. The lowest BCUT2D eigenvalue weighted by molar-refractivity contribution is -0.149. The molecule has 0 spiro atoms. The van der Waals surface area contributed by atoms with Gasteiger partial charge in [0, 0.05) is 46.2 Å². The number of nitrogens with zero attached hydrogens (tertiary/aromatic N) is 15. The normalized spacial score (nSPS) is 30.7. The molecule has 10 N–H and O–H groups in total. The lowest BCUT2D eigenvalue weighted by Crippen LogP contribution is -2.40. The van der Waals surface area contributed by atoms with Crippen LogP contribution in [0.15, 0.2) is 81.0 Å². The number of rotatable bonds is 11. The van der Waals surface area contributed by atoms with E-state index in [0.717, 1.165) is 19.3 Å². The fourth-order valence-electron chi connectivity index (χ4n) is 12.3. The molecule has 614 valence electrons. The summed E-state index contributed by atoms with van der Waals surface area (Å²) < 4.78 is 123. The van der Waals surface area contributed by atoms with Gasteiger partial charge in [0.1, 0.15) is 77.5 Å². The molecule has 2 unspecified atom stereocenters. The summed E-state index contributed by atoms with van der Waals surface area (Å²) in [6.07, 6.45) is 3.73. The molecule has 1 aromatic carbocycles. The smallest absolute Gasteiger partial charge is 0.428 e. The van der Waals surface area contributed by atoms with Gasteiger partial charge in [-0.1, -0.05) is 96.8 Å². The Labute approximate surface area is 662 Å². The van der Waals surface area contributed by atoms with Crippen molar-refractivity contribution in [1.29, 1.82) is 0 Å². The Kier molecular flexibility index (Phi) is 32.3. The van der Waals surface area contributed by atoms with E-state index in [4.69, 9.17) is 96.8 Å². The summed E-state index contributed by atoms with van der Waals surface area (Å²) in [4.78, 5) is 71.6. The lowest BCUT2D eigenvalue weighted by atomic mass is 9.88. The van der Waals surface area contributed by atoms with Gasteiger partial charge in [0.25, 0.3) is 0 Å². The van der Waals surface area contributed by atoms with Crippen LogP contribution in [-0.4, -0.2) is 197 Å². The van der Waals surface area contributed by atoms with E-state index in [1.807, 2.05) is 41.5 Å². The van der Waals surface area contributed by atoms with E-state index in [0.29, 0.717) is 62.0 Å². The molecule has 111 heavy (non-hydrogen) atoms. The van der Waals surface area contributed by atoms with E-state index in [9.17, 15) is 32.4 Å². The van der Waals surface area contributed by atoms with Gasteiger partial charge in [-0.05, 0) is 79.4 Å². The second-order valence-electron chi connectivity index (χ2n) is 27.2. The van der Waals surface area contributed by atoms with Crippen molar-refractivity contribution in [3.05, 3.63) is 91.3 Å². The number of aromatic nitrogens is 16. The number of benzene rings is 1. The summed E-state index contributed by atoms with van der Waals surface area (Å²) in [5, 5.41) is 28.8. The third-order valence-corrected chi connectivity index (χ3v) is 21.2. The molecule has 5 aliphatic heterocycles. The minimum atomic E-state index is -3.44. The van der Waals surface area contributed by atoms with Crippen LogP contribution in [0.3, 0.4) is 0 Å². The van der Waals surface area contributed by atoms with Gasteiger partial charge in [-0.25, -0.2) is 91.1 Å². The van der Waals surface area contributed by atoms with Gasteiger partial charge in [-0.15, -0.1) is 12.4 Å². The minimum absolute atomic E-state index is 0. The number of ether oxygens (including phenoxy) is 6. The predicted molar refractivity (Wildman–Crippen MR) is 407 cm³/mol. The van der Waals surface area contributed by atoms with Gasteiger partial charge in [0.15, 0.2) is 92.2 Å². The minimum Gasteiger partial charge on any atom is -0.468 e. The zero-order valence-corrected chi connectivity index (χ0v) is 68.1. The Morgan fingerprint density at radius 2 is 1.02 bits per heavy atom. The summed E-state index contributed by atoms with van der Waals surface area (Å²) in [7, 11) is 1.31. The average Bonchev–Trinajstić information content (AvgIpc) is 1.61. The molecule has 0 saturated carbocycles. The second kappa shape index (κ2) is 38.7. The monoisotopic (exact) mass is 1690 g/mol. The molecule has 0 aliphatic carbocycles. The molecule has 5 saturated heterocycles. The number of hydrogen-bond acceptors (Lipinski definition) is 28. The fourth-order valence-corrected chi connectivity index (χ4v) is 13.5. The Morgan fingerprint density at radius 3 is 1.38 bits per heavy atom. The molecule has 5 fully saturated rings. The molecular formula is C68H94Cl5F5N19O13P. The van der Waals surface area contributed by atoms with Gasteiger partial charge in [0.05, 0.1) is 57.3 Å². The number of hydrogen-bond donors (Lipinski definition) is 7. The Bertz CT molecular complexity index is 4290. The molecule has 8 aromatic heterocycles. The van der Waals surface area contributed by atoms with Gasteiger partial charge in [0.2, 0.25) is 5.67 Å². The maximum Gasteiger partial charge on any atom is 0.428 e. The number of esters is 2. The van der Waals surface area contributed by atoms with Gasteiger partial charge in [-0.3, -0.25) is 18.5 Å². The number of carbonyl (C=O) groups excluding carboxylic acids is 2. The Hall–Kier alpha value is -7.23. The number of aliphatic hydroxyl groups is 3. The molecule has 0 radical (unpaired) electrons.